The molecule has 0 saturated carbocycles. The molecule has 1 atom stereocenters. The van der Waals surface area contributed by atoms with Crippen LogP contribution in [0.25, 0.3) is 0 Å². The van der Waals surface area contributed by atoms with Crippen LogP contribution in [0.4, 0.5) is 10.1 Å². The molecule has 2 rings (SSSR count). The Labute approximate surface area is 128 Å². The summed E-state index contributed by atoms with van der Waals surface area (Å²) in [6.45, 7) is 1.84. The lowest BCUT2D eigenvalue weighted by Crippen LogP contribution is -2.04. The molecular weight excluding hydrogens is 343 g/mol. The van der Waals surface area contributed by atoms with Crippen LogP contribution in [0, 0.1) is 15.9 Å². The molecule has 0 heterocycles. The van der Waals surface area contributed by atoms with Crippen LogP contribution >= 0.6 is 15.9 Å². The maximum Gasteiger partial charge on any atom is 0.314 e. The summed E-state index contributed by atoms with van der Waals surface area (Å²) in [4.78, 5) is 10.2. The smallest absolute Gasteiger partial charge is 0.314 e. The third kappa shape index (κ3) is 3.56. The third-order valence-corrected chi connectivity index (χ3v) is 3.44. The van der Waals surface area contributed by atoms with Crippen molar-refractivity contribution in [2.45, 2.75) is 13.0 Å². The van der Waals surface area contributed by atoms with Crippen molar-refractivity contribution in [1.29, 1.82) is 0 Å². The number of nitro groups is 1. The Morgan fingerprint density at radius 1 is 1.29 bits per heavy atom. The van der Waals surface area contributed by atoms with E-state index in [0.717, 1.165) is 17.7 Å². The molecule has 0 bridgehead atoms. The number of halogens is 2. The van der Waals surface area contributed by atoms with Gasteiger partial charge < -0.3 is 10.5 Å². The molecule has 110 valence electrons. The van der Waals surface area contributed by atoms with E-state index in [1.807, 2.05) is 6.92 Å². The summed E-state index contributed by atoms with van der Waals surface area (Å²) in [5.74, 6) is -0.342. The van der Waals surface area contributed by atoms with Crippen molar-refractivity contribution >= 4 is 21.6 Å². The normalized spacial score (nSPS) is 12.0. The first kappa shape index (κ1) is 15.4. The summed E-state index contributed by atoms with van der Waals surface area (Å²) in [5, 5.41) is 10.9. The monoisotopic (exact) mass is 354 g/mol. The van der Waals surface area contributed by atoms with E-state index < -0.39 is 16.4 Å². The number of nitrogens with two attached hydrogens (primary N) is 1. The van der Waals surface area contributed by atoms with Crippen molar-refractivity contribution in [3.63, 3.8) is 0 Å². The molecule has 0 fully saturated rings. The van der Waals surface area contributed by atoms with Gasteiger partial charge in [-0.05, 0) is 52.7 Å². The van der Waals surface area contributed by atoms with Crippen molar-refractivity contribution in [1.82, 2.24) is 0 Å². The molecule has 5 nitrogen and oxygen atoms in total. The Balaban J connectivity index is 2.37. The fraction of sp³-hybridized carbons (Fsp3) is 0.143. The largest absolute Gasteiger partial charge is 0.449 e. The van der Waals surface area contributed by atoms with Crippen molar-refractivity contribution in [3.05, 3.63) is 62.4 Å². The van der Waals surface area contributed by atoms with E-state index in [1.165, 1.54) is 6.07 Å². The van der Waals surface area contributed by atoms with Crippen molar-refractivity contribution < 1.29 is 14.1 Å². The Hall–Kier alpha value is -1.99. The molecule has 0 saturated heterocycles. The lowest BCUT2D eigenvalue weighted by molar-refractivity contribution is -0.385. The fourth-order valence-corrected chi connectivity index (χ4v) is 2.20. The second kappa shape index (κ2) is 6.19. The molecule has 7 heteroatoms. The zero-order valence-corrected chi connectivity index (χ0v) is 12.6. The quantitative estimate of drug-likeness (QED) is 0.655. The Bertz CT molecular complexity index is 692. The van der Waals surface area contributed by atoms with Crippen LogP contribution in [0.3, 0.4) is 0 Å². The van der Waals surface area contributed by atoms with Gasteiger partial charge in [-0.15, -0.1) is 0 Å². The number of nitrogens with zero attached hydrogens (tertiary/aromatic N) is 1. The molecule has 21 heavy (non-hydrogen) atoms. The third-order valence-electron chi connectivity index (χ3n) is 2.82. The van der Waals surface area contributed by atoms with E-state index >= 15 is 0 Å². The van der Waals surface area contributed by atoms with E-state index in [1.54, 1.807) is 18.2 Å². The maximum atomic E-state index is 13.1. The number of hydrogen-bond donors (Lipinski definition) is 1. The molecular formula is C14H12BrFN2O3. The van der Waals surface area contributed by atoms with Crippen LogP contribution in [0.1, 0.15) is 18.5 Å². The van der Waals surface area contributed by atoms with E-state index in [-0.39, 0.29) is 11.8 Å². The van der Waals surface area contributed by atoms with Gasteiger partial charge in [0.2, 0.25) is 5.75 Å². The van der Waals surface area contributed by atoms with Gasteiger partial charge in [-0.2, -0.15) is 0 Å². The first-order valence-corrected chi connectivity index (χ1v) is 6.84. The van der Waals surface area contributed by atoms with Gasteiger partial charge in [-0.1, -0.05) is 6.07 Å². The lowest BCUT2D eigenvalue weighted by atomic mass is 10.1. The van der Waals surface area contributed by atoms with Gasteiger partial charge in [-0.25, -0.2) is 4.39 Å². The molecule has 0 amide bonds. The minimum absolute atomic E-state index is 0.0318. The summed E-state index contributed by atoms with van der Waals surface area (Å²) in [7, 11) is 0. The topological polar surface area (TPSA) is 78.4 Å². The van der Waals surface area contributed by atoms with Gasteiger partial charge in [0.1, 0.15) is 11.6 Å². The number of ether oxygens (including phenoxy) is 1. The minimum Gasteiger partial charge on any atom is -0.449 e. The van der Waals surface area contributed by atoms with E-state index in [2.05, 4.69) is 15.9 Å². The molecule has 2 aromatic rings. The number of hydrogen-bond acceptors (Lipinski definition) is 4. The molecule has 2 aromatic carbocycles. The summed E-state index contributed by atoms with van der Waals surface area (Å²) in [6.07, 6.45) is 0. The van der Waals surface area contributed by atoms with Crippen LogP contribution < -0.4 is 10.5 Å². The summed E-state index contributed by atoms with van der Waals surface area (Å²) >= 11 is 3.32. The van der Waals surface area contributed by atoms with E-state index in [9.17, 15) is 14.5 Å². The second-order valence-electron chi connectivity index (χ2n) is 4.45. The Morgan fingerprint density at radius 3 is 2.52 bits per heavy atom. The first-order valence-electron chi connectivity index (χ1n) is 6.05. The highest BCUT2D eigenvalue weighted by molar-refractivity contribution is 9.10. The van der Waals surface area contributed by atoms with Crippen LogP contribution in [0.15, 0.2) is 40.9 Å². The van der Waals surface area contributed by atoms with Gasteiger partial charge in [0.25, 0.3) is 0 Å². The Morgan fingerprint density at radius 2 is 1.95 bits per heavy atom. The van der Waals surface area contributed by atoms with Crippen LogP contribution in [0.2, 0.25) is 0 Å². The predicted octanol–water partition coefficient (Wildman–Crippen LogP) is 4.31. The van der Waals surface area contributed by atoms with Gasteiger partial charge >= 0.3 is 5.69 Å². The lowest BCUT2D eigenvalue weighted by Gasteiger charge is -2.11. The highest BCUT2D eigenvalue weighted by Crippen LogP contribution is 2.36. The summed E-state index contributed by atoms with van der Waals surface area (Å²) < 4.78 is 19.2. The second-order valence-corrected chi connectivity index (χ2v) is 5.30. The van der Waals surface area contributed by atoms with Crippen molar-refractivity contribution in [2.75, 3.05) is 0 Å². The summed E-state index contributed by atoms with van der Waals surface area (Å²) in [5.41, 5.74) is 6.23. The van der Waals surface area contributed by atoms with Gasteiger partial charge in [0, 0.05) is 6.04 Å². The van der Waals surface area contributed by atoms with Crippen molar-refractivity contribution in [3.8, 4) is 11.5 Å². The highest BCUT2D eigenvalue weighted by Gasteiger charge is 2.18. The van der Waals surface area contributed by atoms with Crippen LogP contribution in [-0.2, 0) is 0 Å². The minimum atomic E-state index is -0.694. The molecule has 0 aliphatic heterocycles. The number of benzene rings is 2. The fourth-order valence-electron chi connectivity index (χ4n) is 1.72. The average molecular weight is 355 g/mol. The highest BCUT2D eigenvalue weighted by atomic mass is 79.9. The average Bonchev–Trinajstić information content (AvgIpc) is 2.42. The van der Waals surface area contributed by atoms with Gasteiger partial charge in [-0.3, -0.25) is 10.1 Å². The van der Waals surface area contributed by atoms with E-state index in [4.69, 9.17) is 10.5 Å². The molecule has 0 unspecified atom stereocenters. The molecule has 0 radical (unpaired) electrons. The van der Waals surface area contributed by atoms with Crippen molar-refractivity contribution in [2.24, 2.45) is 5.73 Å². The van der Waals surface area contributed by atoms with Crippen LogP contribution in [-0.4, -0.2) is 4.92 Å². The van der Waals surface area contributed by atoms with E-state index in [0.29, 0.717) is 10.2 Å². The van der Waals surface area contributed by atoms with Gasteiger partial charge in [0.15, 0.2) is 0 Å². The predicted molar refractivity (Wildman–Crippen MR) is 79.9 cm³/mol. The zero-order valence-electron chi connectivity index (χ0n) is 11.0. The zero-order chi connectivity index (χ0) is 15.6. The van der Waals surface area contributed by atoms with Crippen LogP contribution in [0.5, 0.6) is 11.5 Å². The summed E-state index contributed by atoms with van der Waals surface area (Å²) in [6, 6.07) is 8.19. The Kier molecular flexibility index (Phi) is 4.54. The molecule has 0 aliphatic rings. The SMILES string of the molecule is C[C@H](N)c1ccc(Oc2ccc(F)cc2[N+](=O)[O-])c(Br)c1. The number of nitro benzene ring substituents is 1. The molecule has 0 spiro atoms. The molecule has 0 aliphatic carbocycles. The molecule has 2 N–H and O–H groups in total. The standard InChI is InChI=1S/C14H12BrFN2O3/c1-8(17)9-2-4-13(11(15)6-9)21-14-5-3-10(16)7-12(14)18(19)20/h2-8H,17H2,1H3/t8-/m0/s1. The number of rotatable bonds is 4. The first-order chi connectivity index (χ1) is 9.88. The maximum absolute atomic E-state index is 13.1. The van der Waals surface area contributed by atoms with Gasteiger partial charge in [0.05, 0.1) is 15.5 Å². The molecule has 0 aromatic heterocycles.